The van der Waals surface area contributed by atoms with Gasteiger partial charge in [-0.15, -0.1) is 0 Å². The molecular formula is C13H17NO. The zero-order chi connectivity index (χ0) is 11.1. The summed E-state index contributed by atoms with van der Waals surface area (Å²) in [5.41, 5.74) is 1.82. The van der Waals surface area contributed by atoms with Crippen molar-refractivity contribution in [3.8, 4) is 6.07 Å². The normalized spacial score (nSPS) is 12.1. The summed E-state index contributed by atoms with van der Waals surface area (Å²) < 4.78 is 5.66. The van der Waals surface area contributed by atoms with Crippen LogP contribution < -0.4 is 0 Å². The van der Waals surface area contributed by atoms with Crippen molar-refractivity contribution in [2.24, 2.45) is 0 Å². The predicted molar refractivity (Wildman–Crippen MR) is 60.3 cm³/mol. The molecule has 2 heteroatoms. The van der Waals surface area contributed by atoms with Gasteiger partial charge in [-0.25, -0.2) is 0 Å². The van der Waals surface area contributed by atoms with Crippen LogP contribution in [-0.2, 0) is 11.3 Å². The van der Waals surface area contributed by atoms with E-state index < -0.39 is 0 Å². The van der Waals surface area contributed by atoms with Crippen LogP contribution in [0.25, 0.3) is 0 Å². The molecule has 15 heavy (non-hydrogen) atoms. The van der Waals surface area contributed by atoms with Gasteiger partial charge in [0, 0.05) is 0 Å². The number of hydrogen-bond donors (Lipinski definition) is 0. The molecule has 1 unspecified atom stereocenters. The van der Waals surface area contributed by atoms with Crippen molar-refractivity contribution in [2.75, 3.05) is 0 Å². The fourth-order valence-corrected chi connectivity index (χ4v) is 1.40. The van der Waals surface area contributed by atoms with Crippen LogP contribution in [0.15, 0.2) is 24.3 Å². The molecule has 0 saturated heterocycles. The molecule has 0 fully saturated rings. The topological polar surface area (TPSA) is 33.0 Å². The fraction of sp³-hybridized carbons (Fsp3) is 0.462. The molecule has 0 aromatic heterocycles. The lowest BCUT2D eigenvalue weighted by Gasteiger charge is -2.11. The van der Waals surface area contributed by atoms with Gasteiger partial charge in [0.25, 0.3) is 0 Å². The molecule has 0 N–H and O–H groups in total. The van der Waals surface area contributed by atoms with Crippen LogP contribution in [0.5, 0.6) is 0 Å². The molecule has 0 aliphatic heterocycles. The highest BCUT2D eigenvalue weighted by atomic mass is 16.5. The second-order valence-electron chi connectivity index (χ2n) is 3.72. The number of rotatable bonds is 5. The van der Waals surface area contributed by atoms with E-state index in [1.807, 2.05) is 24.3 Å². The lowest BCUT2D eigenvalue weighted by atomic mass is 10.1. The van der Waals surface area contributed by atoms with Crippen molar-refractivity contribution in [2.45, 2.75) is 39.4 Å². The number of nitriles is 1. The van der Waals surface area contributed by atoms with E-state index in [0.29, 0.717) is 18.3 Å². The van der Waals surface area contributed by atoms with Gasteiger partial charge in [-0.1, -0.05) is 25.5 Å². The molecular weight excluding hydrogens is 186 g/mol. The summed E-state index contributed by atoms with van der Waals surface area (Å²) in [4.78, 5) is 0. The summed E-state index contributed by atoms with van der Waals surface area (Å²) in [5, 5.41) is 8.64. The van der Waals surface area contributed by atoms with E-state index in [2.05, 4.69) is 19.9 Å². The standard InChI is InChI=1S/C13H17NO/c1-3-4-11(2)15-10-13-7-5-12(9-14)6-8-13/h5-8,11H,3-4,10H2,1-2H3. The predicted octanol–water partition coefficient (Wildman–Crippen LogP) is 3.26. The molecule has 0 aliphatic rings. The van der Waals surface area contributed by atoms with E-state index in [0.717, 1.165) is 18.4 Å². The Morgan fingerprint density at radius 1 is 1.33 bits per heavy atom. The highest BCUT2D eigenvalue weighted by Crippen LogP contribution is 2.08. The lowest BCUT2D eigenvalue weighted by molar-refractivity contribution is 0.0472. The third-order valence-electron chi connectivity index (χ3n) is 2.31. The third-order valence-corrected chi connectivity index (χ3v) is 2.31. The van der Waals surface area contributed by atoms with Crippen LogP contribution in [-0.4, -0.2) is 6.10 Å². The first-order valence-corrected chi connectivity index (χ1v) is 5.37. The average molecular weight is 203 g/mol. The molecule has 0 radical (unpaired) electrons. The summed E-state index contributed by atoms with van der Waals surface area (Å²) in [6, 6.07) is 9.63. The monoisotopic (exact) mass is 203 g/mol. The lowest BCUT2D eigenvalue weighted by Crippen LogP contribution is -2.07. The first kappa shape index (κ1) is 11.7. The van der Waals surface area contributed by atoms with E-state index in [-0.39, 0.29) is 0 Å². The van der Waals surface area contributed by atoms with Crippen molar-refractivity contribution >= 4 is 0 Å². The summed E-state index contributed by atoms with van der Waals surface area (Å²) >= 11 is 0. The second-order valence-corrected chi connectivity index (χ2v) is 3.72. The van der Waals surface area contributed by atoms with Gasteiger partial charge >= 0.3 is 0 Å². The zero-order valence-corrected chi connectivity index (χ0v) is 9.36. The van der Waals surface area contributed by atoms with Gasteiger partial charge in [0.15, 0.2) is 0 Å². The summed E-state index contributed by atoms with van der Waals surface area (Å²) in [7, 11) is 0. The van der Waals surface area contributed by atoms with Crippen LogP contribution in [0.2, 0.25) is 0 Å². The maximum Gasteiger partial charge on any atom is 0.0991 e. The molecule has 1 rings (SSSR count). The van der Waals surface area contributed by atoms with Crippen molar-refractivity contribution < 1.29 is 4.74 Å². The van der Waals surface area contributed by atoms with Crippen LogP contribution >= 0.6 is 0 Å². The quantitative estimate of drug-likeness (QED) is 0.735. The molecule has 1 atom stereocenters. The van der Waals surface area contributed by atoms with Gasteiger partial charge in [0.05, 0.1) is 24.3 Å². The summed E-state index contributed by atoms with van der Waals surface area (Å²) in [6.07, 6.45) is 2.55. The molecule has 0 bridgehead atoms. The van der Waals surface area contributed by atoms with Crippen LogP contribution in [0.4, 0.5) is 0 Å². The van der Waals surface area contributed by atoms with Gasteiger partial charge in [-0.05, 0) is 31.0 Å². The Bertz CT molecular complexity index is 323. The van der Waals surface area contributed by atoms with Gasteiger partial charge < -0.3 is 4.74 Å². The molecule has 1 aromatic carbocycles. The van der Waals surface area contributed by atoms with Gasteiger partial charge in [-0.3, -0.25) is 0 Å². The molecule has 0 heterocycles. The number of ether oxygens (including phenoxy) is 1. The van der Waals surface area contributed by atoms with E-state index in [4.69, 9.17) is 10.00 Å². The smallest absolute Gasteiger partial charge is 0.0991 e. The molecule has 0 spiro atoms. The first-order valence-electron chi connectivity index (χ1n) is 5.37. The maximum atomic E-state index is 8.64. The molecule has 1 aromatic rings. The molecule has 0 amide bonds. The molecule has 2 nitrogen and oxygen atoms in total. The summed E-state index contributed by atoms with van der Waals surface area (Å²) in [6.45, 7) is 4.88. The molecule has 80 valence electrons. The fourth-order valence-electron chi connectivity index (χ4n) is 1.40. The van der Waals surface area contributed by atoms with Crippen LogP contribution in [0, 0.1) is 11.3 Å². The highest BCUT2D eigenvalue weighted by molar-refractivity contribution is 5.31. The van der Waals surface area contributed by atoms with Crippen molar-refractivity contribution in [3.63, 3.8) is 0 Å². The maximum absolute atomic E-state index is 8.64. The Morgan fingerprint density at radius 2 is 2.00 bits per heavy atom. The molecule has 0 saturated carbocycles. The number of benzene rings is 1. The number of nitrogens with zero attached hydrogens (tertiary/aromatic N) is 1. The first-order chi connectivity index (χ1) is 7.26. The Hall–Kier alpha value is -1.33. The van der Waals surface area contributed by atoms with Gasteiger partial charge in [-0.2, -0.15) is 5.26 Å². The SMILES string of the molecule is CCCC(C)OCc1ccc(C#N)cc1. The van der Waals surface area contributed by atoms with Crippen LogP contribution in [0.1, 0.15) is 37.8 Å². The minimum absolute atomic E-state index is 0.311. The van der Waals surface area contributed by atoms with E-state index >= 15 is 0 Å². The van der Waals surface area contributed by atoms with E-state index in [9.17, 15) is 0 Å². The van der Waals surface area contributed by atoms with Gasteiger partial charge in [0.2, 0.25) is 0 Å². The zero-order valence-electron chi connectivity index (χ0n) is 9.36. The Morgan fingerprint density at radius 3 is 2.53 bits per heavy atom. The van der Waals surface area contributed by atoms with Gasteiger partial charge in [0.1, 0.15) is 0 Å². The highest BCUT2D eigenvalue weighted by Gasteiger charge is 2.01. The van der Waals surface area contributed by atoms with Crippen molar-refractivity contribution in [1.82, 2.24) is 0 Å². The minimum Gasteiger partial charge on any atom is -0.374 e. The Balaban J connectivity index is 2.41. The minimum atomic E-state index is 0.311. The average Bonchev–Trinajstić information content (AvgIpc) is 2.27. The number of hydrogen-bond acceptors (Lipinski definition) is 2. The largest absolute Gasteiger partial charge is 0.374 e. The van der Waals surface area contributed by atoms with E-state index in [1.54, 1.807) is 0 Å². The second kappa shape index (κ2) is 6.21. The Labute approximate surface area is 91.5 Å². The van der Waals surface area contributed by atoms with Crippen molar-refractivity contribution in [1.29, 1.82) is 5.26 Å². The Kier molecular flexibility index (Phi) is 4.86. The van der Waals surface area contributed by atoms with E-state index in [1.165, 1.54) is 0 Å². The summed E-state index contributed by atoms with van der Waals surface area (Å²) in [5.74, 6) is 0. The van der Waals surface area contributed by atoms with Crippen molar-refractivity contribution in [3.05, 3.63) is 35.4 Å². The van der Waals surface area contributed by atoms with Crippen LogP contribution in [0.3, 0.4) is 0 Å². The third kappa shape index (κ3) is 4.14. The molecule has 0 aliphatic carbocycles.